The number of anilines is 1. The number of fused-ring (bicyclic) bond motifs is 1. The molecular weight excluding hydrogens is 456 g/mol. The number of aliphatic imine (C=N–C) groups is 1. The Kier molecular flexibility index (Phi) is 8.64. The Morgan fingerprint density at radius 2 is 1.92 bits per heavy atom. The van der Waals surface area contributed by atoms with Gasteiger partial charge in [-0.2, -0.15) is 0 Å². The highest BCUT2D eigenvalue weighted by Gasteiger charge is 2.36. The van der Waals surface area contributed by atoms with Crippen LogP contribution < -0.4 is 20.7 Å². The molecule has 3 N–H and O–H groups in total. The van der Waals surface area contributed by atoms with Gasteiger partial charge in [0.15, 0.2) is 0 Å². The van der Waals surface area contributed by atoms with Gasteiger partial charge < -0.3 is 20.7 Å². The number of benzodiazepines with no additional fused rings is 1. The summed E-state index contributed by atoms with van der Waals surface area (Å²) >= 11 is 0. The number of methoxy groups -OCH3 is 1. The van der Waals surface area contributed by atoms with Gasteiger partial charge in [-0.25, -0.2) is 4.99 Å². The van der Waals surface area contributed by atoms with Gasteiger partial charge in [0.25, 0.3) is 5.91 Å². The Hall–Kier alpha value is -3.94. The summed E-state index contributed by atoms with van der Waals surface area (Å²) in [6, 6.07) is 14.8. The zero-order valence-electron chi connectivity index (χ0n) is 21.2. The number of nitrogens with two attached hydrogens (primary N) is 1. The molecule has 0 bridgehead atoms. The summed E-state index contributed by atoms with van der Waals surface area (Å²) in [5, 5.41) is 2.81. The van der Waals surface area contributed by atoms with Crippen LogP contribution in [0.15, 0.2) is 66.2 Å². The summed E-state index contributed by atoms with van der Waals surface area (Å²) in [5.74, 6) is -2.10. The van der Waals surface area contributed by atoms with Crippen molar-refractivity contribution in [1.29, 1.82) is 0 Å². The van der Waals surface area contributed by atoms with Crippen molar-refractivity contribution >= 4 is 29.1 Å². The van der Waals surface area contributed by atoms with E-state index in [1.54, 1.807) is 20.2 Å². The number of amides is 3. The number of ether oxygens (including phenoxy) is 1. The molecule has 0 spiro atoms. The second kappa shape index (κ2) is 11.7. The Bertz CT molecular complexity index is 1170. The van der Waals surface area contributed by atoms with Gasteiger partial charge in [-0.05, 0) is 37.0 Å². The van der Waals surface area contributed by atoms with E-state index in [2.05, 4.69) is 11.9 Å². The third-order valence-electron chi connectivity index (χ3n) is 6.30. The molecule has 0 radical (unpaired) electrons. The normalized spacial score (nSPS) is 16.9. The van der Waals surface area contributed by atoms with Gasteiger partial charge in [0, 0.05) is 18.2 Å². The molecular formula is C28H34N4O4. The highest BCUT2D eigenvalue weighted by molar-refractivity contribution is 6.20. The molecule has 1 heterocycles. The summed E-state index contributed by atoms with van der Waals surface area (Å²) in [6.07, 6.45) is 1.08. The fraction of sp³-hybridized carbons (Fsp3) is 0.357. The third-order valence-corrected chi connectivity index (χ3v) is 6.30. The smallest absolute Gasteiger partial charge is 0.272 e. The topological polar surface area (TPSA) is 114 Å². The first kappa shape index (κ1) is 26.7. The molecule has 8 heteroatoms. The maximum atomic E-state index is 13.5. The first-order valence-electron chi connectivity index (χ1n) is 12.0. The minimum absolute atomic E-state index is 0.125. The van der Waals surface area contributed by atoms with Gasteiger partial charge >= 0.3 is 0 Å². The van der Waals surface area contributed by atoms with E-state index in [0.717, 1.165) is 11.1 Å². The Labute approximate surface area is 212 Å². The van der Waals surface area contributed by atoms with Crippen molar-refractivity contribution in [2.24, 2.45) is 28.5 Å². The number of benzene rings is 2. The fourth-order valence-corrected chi connectivity index (χ4v) is 4.48. The van der Waals surface area contributed by atoms with Crippen molar-refractivity contribution in [3.8, 4) is 5.75 Å². The molecule has 3 atom stereocenters. The van der Waals surface area contributed by atoms with E-state index in [4.69, 9.17) is 15.5 Å². The molecule has 3 unspecified atom stereocenters. The van der Waals surface area contributed by atoms with E-state index < -0.39 is 35.7 Å². The number of likely N-dealkylation sites (N-methyl/N-ethyl adjacent to an activating group) is 1. The number of carbonyl (C=O) groups excluding carboxylic acids is 3. The number of nitrogens with zero attached hydrogens (tertiary/aromatic N) is 2. The molecule has 36 heavy (non-hydrogen) atoms. The fourth-order valence-electron chi connectivity index (χ4n) is 4.48. The quantitative estimate of drug-likeness (QED) is 0.498. The Morgan fingerprint density at radius 1 is 1.19 bits per heavy atom. The van der Waals surface area contributed by atoms with Crippen LogP contribution in [-0.4, -0.2) is 43.8 Å². The summed E-state index contributed by atoms with van der Waals surface area (Å²) < 4.78 is 5.38. The first-order valence-corrected chi connectivity index (χ1v) is 12.0. The van der Waals surface area contributed by atoms with Crippen LogP contribution in [0.25, 0.3) is 0 Å². The molecule has 0 saturated heterocycles. The molecule has 1 aliphatic heterocycles. The zero-order chi connectivity index (χ0) is 26.4. The van der Waals surface area contributed by atoms with Crippen molar-refractivity contribution in [2.45, 2.75) is 32.9 Å². The Balaban J connectivity index is 2.07. The molecule has 3 amide bonds. The Morgan fingerprint density at radius 3 is 2.56 bits per heavy atom. The SMILES string of the molecule is C=CCC(C(N)=O)C(CC(C)C)C(=O)NC1N=C(c2cccc(OC)c2)c2ccccc2N(C)C1=O. The predicted octanol–water partition coefficient (Wildman–Crippen LogP) is 3.29. The minimum atomic E-state index is -1.19. The standard InChI is InChI=1S/C28H34N4O4/c1-6-10-20(25(29)33)22(15-17(2)3)27(34)31-26-28(35)32(4)23-14-8-7-13-21(23)24(30-26)18-11-9-12-19(16-18)36-5/h6-9,11-14,16-17,20,22,26H,1,10,15H2,2-5H3,(H2,29,33)(H,31,34). The van der Waals surface area contributed by atoms with E-state index in [-0.39, 0.29) is 12.3 Å². The molecule has 2 aromatic rings. The summed E-state index contributed by atoms with van der Waals surface area (Å²) in [6.45, 7) is 7.63. The van der Waals surface area contributed by atoms with Crippen LogP contribution in [-0.2, 0) is 14.4 Å². The molecule has 0 aliphatic carbocycles. The number of hydrogen-bond acceptors (Lipinski definition) is 5. The second-order valence-corrected chi connectivity index (χ2v) is 9.30. The number of nitrogens with one attached hydrogen (secondary N) is 1. The van der Waals surface area contributed by atoms with Crippen molar-refractivity contribution < 1.29 is 19.1 Å². The largest absolute Gasteiger partial charge is 0.497 e. The third kappa shape index (κ3) is 5.82. The number of hydrogen-bond donors (Lipinski definition) is 2. The number of para-hydroxylation sites is 1. The average molecular weight is 491 g/mol. The first-order chi connectivity index (χ1) is 17.2. The maximum absolute atomic E-state index is 13.5. The van der Waals surface area contributed by atoms with E-state index in [1.807, 2.05) is 62.4 Å². The predicted molar refractivity (Wildman–Crippen MR) is 141 cm³/mol. The molecule has 190 valence electrons. The van der Waals surface area contributed by atoms with Crippen molar-refractivity contribution in [2.75, 3.05) is 19.1 Å². The van der Waals surface area contributed by atoms with Crippen LogP contribution in [0.3, 0.4) is 0 Å². The molecule has 0 aromatic heterocycles. The van der Waals surface area contributed by atoms with E-state index in [0.29, 0.717) is 23.6 Å². The monoisotopic (exact) mass is 490 g/mol. The molecule has 8 nitrogen and oxygen atoms in total. The van der Waals surface area contributed by atoms with Gasteiger partial charge in [0.05, 0.1) is 30.3 Å². The van der Waals surface area contributed by atoms with Crippen LogP contribution in [0.5, 0.6) is 5.75 Å². The van der Waals surface area contributed by atoms with Crippen molar-refractivity contribution in [1.82, 2.24) is 5.32 Å². The van der Waals surface area contributed by atoms with Crippen LogP contribution >= 0.6 is 0 Å². The number of rotatable bonds is 10. The van der Waals surface area contributed by atoms with Crippen molar-refractivity contribution in [3.05, 3.63) is 72.3 Å². The lowest BCUT2D eigenvalue weighted by molar-refractivity contribution is -0.135. The van der Waals surface area contributed by atoms with Gasteiger partial charge in [0.2, 0.25) is 18.0 Å². The minimum Gasteiger partial charge on any atom is -0.497 e. The molecule has 3 rings (SSSR count). The van der Waals surface area contributed by atoms with Crippen LogP contribution in [0.4, 0.5) is 5.69 Å². The number of allylic oxidation sites excluding steroid dienone is 1. The maximum Gasteiger partial charge on any atom is 0.272 e. The van der Waals surface area contributed by atoms with Gasteiger partial charge in [-0.15, -0.1) is 6.58 Å². The van der Waals surface area contributed by atoms with E-state index in [1.165, 1.54) is 4.90 Å². The van der Waals surface area contributed by atoms with E-state index in [9.17, 15) is 14.4 Å². The molecule has 2 aromatic carbocycles. The molecule has 0 fully saturated rings. The average Bonchev–Trinajstić information content (AvgIpc) is 2.96. The zero-order valence-corrected chi connectivity index (χ0v) is 21.2. The second-order valence-electron chi connectivity index (χ2n) is 9.30. The van der Waals surface area contributed by atoms with Gasteiger partial charge in [0.1, 0.15) is 5.75 Å². The van der Waals surface area contributed by atoms with Crippen LogP contribution in [0, 0.1) is 17.8 Å². The molecule has 1 aliphatic rings. The lowest BCUT2D eigenvalue weighted by Crippen LogP contribution is -2.50. The van der Waals surface area contributed by atoms with Gasteiger partial charge in [-0.3, -0.25) is 14.4 Å². The summed E-state index contributed by atoms with van der Waals surface area (Å²) in [7, 11) is 3.23. The highest BCUT2D eigenvalue weighted by Crippen LogP contribution is 2.29. The van der Waals surface area contributed by atoms with Crippen molar-refractivity contribution in [3.63, 3.8) is 0 Å². The number of primary amides is 1. The number of carbonyl (C=O) groups is 3. The molecule has 0 saturated carbocycles. The highest BCUT2D eigenvalue weighted by atomic mass is 16.5. The lowest BCUT2D eigenvalue weighted by atomic mass is 9.82. The summed E-state index contributed by atoms with van der Waals surface area (Å²) in [5.41, 5.74) is 8.35. The van der Waals surface area contributed by atoms with Crippen LogP contribution in [0.2, 0.25) is 0 Å². The van der Waals surface area contributed by atoms with Crippen LogP contribution in [0.1, 0.15) is 37.8 Å². The summed E-state index contributed by atoms with van der Waals surface area (Å²) in [4.78, 5) is 45.5. The van der Waals surface area contributed by atoms with E-state index >= 15 is 0 Å². The van der Waals surface area contributed by atoms with Gasteiger partial charge in [-0.1, -0.05) is 50.3 Å². The lowest BCUT2D eigenvalue weighted by Gasteiger charge is -2.27.